The van der Waals surface area contributed by atoms with Gasteiger partial charge in [-0.3, -0.25) is 0 Å². The van der Waals surface area contributed by atoms with Crippen molar-refractivity contribution in [1.29, 1.82) is 0 Å². The Morgan fingerprint density at radius 1 is 1.40 bits per heavy atom. The minimum absolute atomic E-state index is 0.411. The molecule has 1 saturated carbocycles. The molecule has 0 heterocycles. The van der Waals surface area contributed by atoms with Gasteiger partial charge in [-0.15, -0.1) is 0 Å². The molecular weight excluding hydrogens is 124 g/mol. The van der Waals surface area contributed by atoms with Gasteiger partial charge in [0.1, 0.15) is 0 Å². The molecule has 2 heteroatoms. The van der Waals surface area contributed by atoms with E-state index >= 15 is 0 Å². The van der Waals surface area contributed by atoms with Crippen LogP contribution in [-0.4, -0.2) is 18.6 Å². The van der Waals surface area contributed by atoms with Crippen LogP contribution in [0.15, 0.2) is 0 Å². The van der Waals surface area contributed by atoms with Gasteiger partial charge in [0.05, 0.1) is 0 Å². The van der Waals surface area contributed by atoms with Crippen LogP contribution in [0.1, 0.15) is 32.6 Å². The van der Waals surface area contributed by atoms with E-state index < -0.39 is 0 Å². The maximum Gasteiger partial charge on any atom is 0.0218 e. The van der Waals surface area contributed by atoms with Crippen molar-refractivity contribution in [2.45, 2.75) is 44.7 Å². The van der Waals surface area contributed by atoms with Gasteiger partial charge in [0, 0.05) is 12.1 Å². The lowest BCUT2D eigenvalue weighted by Crippen LogP contribution is -2.46. The molecule has 1 aliphatic rings. The lowest BCUT2D eigenvalue weighted by atomic mass is 9.91. The minimum Gasteiger partial charge on any atom is -0.326 e. The van der Waals surface area contributed by atoms with E-state index in [9.17, 15) is 0 Å². The summed E-state index contributed by atoms with van der Waals surface area (Å²) >= 11 is 0. The van der Waals surface area contributed by atoms with Crippen LogP contribution in [0.3, 0.4) is 0 Å². The van der Waals surface area contributed by atoms with E-state index in [0.717, 1.165) is 6.54 Å². The Hall–Kier alpha value is -0.0800. The van der Waals surface area contributed by atoms with Gasteiger partial charge in [0.15, 0.2) is 0 Å². The Kier molecular flexibility index (Phi) is 3.16. The highest BCUT2D eigenvalue weighted by Gasteiger charge is 2.19. The van der Waals surface area contributed by atoms with Gasteiger partial charge >= 0.3 is 0 Å². The highest BCUT2D eigenvalue weighted by atomic mass is 14.9. The maximum absolute atomic E-state index is 5.90. The van der Waals surface area contributed by atoms with Gasteiger partial charge in [0.2, 0.25) is 0 Å². The molecule has 0 saturated heterocycles. The van der Waals surface area contributed by atoms with E-state index in [0.29, 0.717) is 12.1 Å². The van der Waals surface area contributed by atoms with E-state index in [1.807, 2.05) is 0 Å². The van der Waals surface area contributed by atoms with Crippen molar-refractivity contribution in [2.24, 2.45) is 5.73 Å². The molecular formula is C8H18N2. The van der Waals surface area contributed by atoms with Crippen LogP contribution in [-0.2, 0) is 0 Å². The van der Waals surface area contributed by atoms with Gasteiger partial charge in [-0.2, -0.15) is 0 Å². The number of rotatable bonds is 2. The van der Waals surface area contributed by atoms with Crippen LogP contribution in [0.25, 0.3) is 0 Å². The summed E-state index contributed by atoms with van der Waals surface area (Å²) < 4.78 is 0. The van der Waals surface area contributed by atoms with Crippen molar-refractivity contribution in [3.05, 3.63) is 0 Å². The molecule has 0 aliphatic heterocycles. The second-order valence-corrected chi connectivity index (χ2v) is 3.11. The van der Waals surface area contributed by atoms with Crippen LogP contribution in [0, 0.1) is 0 Å². The van der Waals surface area contributed by atoms with E-state index in [1.54, 1.807) is 0 Å². The predicted molar refractivity (Wildman–Crippen MR) is 43.9 cm³/mol. The Morgan fingerprint density at radius 3 is 2.70 bits per heavy atom. The molecule has 0 unspecified atom stereocenters. The van der Waals surface area contributed by atoms with Crippen LogP contribution >= 0.6 is 0 Å². The van der Waals surface area contributed by atoms with Gasteiger partial charge in [-0.25, -0.2) is 0 Å². The molecule has 0 bridgehead atoms. The Labute approximate surface area is 63.2 Å². The van der Waals surface area contributed by atoms with Gasteiger partial charge in [-0.05, 0) is 19.4 Å². The zero-order valence-corrected chi connectivity index (χ0v) is 6.77. The van der Waals surface area contributed by atoms with Crippen molar-refractivity contribution in [3.63, 3.8) is 0 Å². The van der Waals surface area contributed by atoms with Crippen LogP contribution < -0.4 is 11.1 Å². The maximum atomic E-state index is 5.90. The number of nitrogens with one attached hydrogen (secondary N) is 1. The molecule has 0 spiro atoms. The molecule has 1 aliphatic carbocycles. The molecule has 0 aromatic heterocycles. The molecule has 0 amide bonds. The number of hydrogen-bond acceptors (Lipinski definition) is 2. The first-order valence-corrected chi connectivity index (χ1v) is 4.33. The summed E-state index contributed by atoms with van der Waals surface area (Å²) in [6.07, 6.45) is 5.15. The normalized spacial score (nSPS) is 34.2. The van der Waals surface area contributed by atoms with Crippen LogP contribution in [0.2, 0.25) is 0 Å². The summed E-state index contributed by atoms with van der Waals surface area (Å²) in [5.41, 5.74) is 5.90. The first-order valence-electron chi connectivity index (χ1n) is 4.33. The first kappa shape index (κ1) is 8.02. The third kappa shape index (κ3) is 1.96. The summed E-state index contributed by atoms with van der Waals surface area (Å²) in [5.74, 6) is 0. The Morgan fingerprint density at radius 2 is 2.10 bits per heavy atom. The molecule has 2 atom stereocenters. The van der Waals surface area contributed by atoms with Crippen molar-refractivity contribution in [3.8, 4) is 0 Å². The Bertz CT molecular complexity index is 91.3. The standard InChI is InChI=1S/C8H18N2/c1-2-10-8-6-4-3-5-7(8)9/h7-8,10H,2-6,9H2,1H3/t7-,8+/m1/s1. The highest BCUT2D eigenvalue weighted by molar-refractivity contribution is 4.82. The van der Waals surface area contributed by atoms with Crippen molar-refractivity contribution >= 4 is 0 Å². The fourth-order valence-electron chi connectivity index (χ4n) is 1.68. The summed E-state index contributed by atoms with van der Waals surface area (Å²) in [4.78, 5) is 0. The van der Waals surface area contributed by atoms with E-state index in [-0.39, 0.29) is 0 Å². The number of hydrogen-bond donors (Lipinski definition) is 2. The smallest absolute Gasteiger partial charge is 0.0218 e. The molecule has 10 heavy (non-hydrogen) atoms. The molecule has 2 nitrogen and oxygen atoms in total. The summed E-state index contributed by atoms with van der Waals surface area (Å²) in [7, 11) is 0. The lowest BCUT2D eigenvalue weighted by molar-refractivity contribution is 0.333. The summed E-state index contributed by atoms with van der Waals surface area (Å²) in [5, 5.41) is 3.41. The second-order valence-electron chi connectivity index (χ2n) is 3.11. The predicted octanol–water partition coefficient (Wildman–Crippen LogP) is 0.866. The molecule has 0 aromatic carbocycles. The third-order valence-corrected chi connectivity index (χ3v) is 2.29. The quantitative estimate of drug-likeness (QED) is 0.600. The largest absolute Gasteiger partial charge is 0.326 e. The summed E-state index contributed by atoms with van der Waals surface area (Å²) in [6.45, 7) is 3.19. The van der Waals surface area contributed by atoms with E-state index in [1.165, 1.54) is 25.7 Å². The fourth-order valence-corrected chi connectivity index (χ4v) is 1.68. The molecule has 0 radical (unpaired) electrons. The molecule has 3 N–H and O–H groups in total. The van der Waals surface area contributed by atoms with Crippen LogP contribution in [0.5, 0.6) is 0 Å². The minimum atomic E-state index is 0.411. The summed E-state index contributed by atoms with van der Waals surface area (Å²) in [6, 6.07) is 1.01. The van der Waals surface area contributed by atoms with E-state index in [4.69, 9.17) is 5.73 Å². The SMILES string of the molecule is CCN[C@H]1CCCC[C@H]1N. The first-order chi connectivity index (χ1) is 4.84. The number of nitrogens with two attached hydrogens (primary N) is 1. The zero-order valence-electron chi connectivity index (χ0n) is 6.77. The average Bonchev–Trinajstić information content (AvgIpc) is 1.94. The van der Waals surface area contributed by atoms with Gasteiger partial charge < -0.3 is 11.1 Å². The lowest BCUT2D eigenvalue weighted by Gasteiger charge is -2.28. The van der Waals surface area contributed by atoms with Crippen molar-refractivity contribution in [2.75, 3.05) is 6.54 Å². The van der Waals surface area contributed by atoms with Gasteiger partial charge in [-0.1, -0.05) is 19.8 Å². The van der Waals surface area contributed by atoms with Crippen molar-refractivity contribution in [1.82, 2.24) is 5.32 Å². The zero-order chi connectivity index (χ0) is 7.40. The van der Waals surface area contributed by atoms with Crippen molar-refractivity contribution < 1.29 is 0 Å². The topological polar surface area (TPSA) is 38.0 Å². The number of likely N-dealkylation sites (N-methyl/N-ethyl adjacent to an activating group) is 1. The van der Waals surface area contributed by atoms with Gasteiger partial charge in [0.25, 0.3) is 0 Å². The monoisotopic (exact) mass is 142 g/mol. The van der Waals surface area contributed by atoms with Crippen LogP contribution in [0.4, 0.5) is 0 Å². The average molecular weight is 142 g/mol. The third-order valence-electron chi connectivity index (χ3n) is 2.29. The highest BCUT2D eigenvalue weighted by Crippen LogP contribution is 2.16. The molecule has 1 rings (SSSR count). The second kappa shape index (κ2) is 3.94. The molecule has 1 fully saturated rings. The Balaban J connectivity index is 2.25. The molecule has 0 aromatic rings. The van der Waals surface area contributed by atoms with E-state index in [2.05, 4.69) is 12.2 Å². The molecule has 60 valence electrons. The fraction of sp³-hybridized carbons (Fsp3) is 1.00.